The molecule has 1 fully saturated rings. The van der Waals surface area contributed by atoms with E-state index in [-0.39, 0.29) is 18.0 Å². The molecule has 0 atom stereocenters. The maximum atomic E-state index is 13.1. The number of carbonyl (C=O) groups excluding carboxylic acids is 1. The second-order valence-electron chi connectivity index (χ2n) is 8.50. The van der Waals surface area contributed by atoms with Gasteiger partial charge in [-0.2, -0.15) is 5.10 Å². The fourth-order valence-corrected chi connectivity index (χ4v) is 4.35. The Morgan fingerprint density at radius 1 is 1.00 bits per heavy atom. The van der Waals surface area contributed by atoms with Crippen molar-refractivity contribution in [3.8, 4) is 17.0 Å². The van der Waals surface area contributed by atoms with Gasteiger partial charge in [0.05, 0.1) is 18.5 Å². The standard InChI is InChI=1S/C26H27N5O3/c1-19-7-9-20(10-8-19)21-17-23-26(33)30(15-16-31(23)27-21)18-25(32)29-13-11-28(12-14-29)22-5-3-4-6-24(22)34-2/h3-10,15-17H,11-14,18H2,1-2H3. The number of methoxy groups -OCH3 is 1. The lowest BCUT2D eigenvalue weighted by molar-refractivity contribution is -0.132. The van der Waals surface area contributed by atoms with Gasteiger partial charge in [0.2, 0.25) is 5.91 Å². The lowest BCUT2D eigenvalue weighted by Crippen LogP contribution is -2.50. The molecule has 5 rings (SSSR count). The minimum atomic E-state index is -0.227. The summed E-state index contributed by atoms with van der Waals surface area (Å²) in [5, 5.41) is 4.53. The van der Waals surface area contributed by atoms with E-state index in [1.54, 1.807) is 30.1 Å². The minimum absolute atomic E-state index is 0.00896. The Balaban J connectivity index is 1.29. The second kappa shape index (κ2) is 9.05. The molecule has 174 valence electrons. The summed E-state index contributed by atoms with van der Waals surface area (Å²) in [6, 6.07) is 17.7. The molecule has 3 heterocycles. The highest BCUT2D eigenvalue weighted by molar-refractivity contribution is 5.76. The van der Waals surface area contributed by atoms with Crippen LogP contribution in [0.3, 0.4) is 0 Å². The number of rotatable bonds is 5. The Labute approximate surface area is 197 Å². The fourth-order valence-electron chi connectivity index (χ4n) is 4.35. The monoisotopic (exact) mass is 457 g/mol. The summed E-state index contributed by atoms with van der Waals surface area (Å²) < 4.78 is 8.50. The summed E-state index contributed by atoms with van der Waals surface area (Å²) in [4.78, 5) is 30.1. The van der Waals surface area contributed by atoms with Gasteiger partial charge in [0.15, 0.2) is 0 Å². The van der Waals surface area contributed by atoms with Gasteiger partial charge >= 0.3 is 0 Å². The predicted octanol–water partition coefficient (Wildman–Crippen LogP) is 2.83. The van der Waals surface area contributed by atoms with Gasteiger partial charge in [0, 0.05) is 44.1 Å². The molecule has 0 saturated carbocycles. The van der Waals surface area contributed by atoms with Crippen molar-refractivity contribution in [2.75, 3.05) is 38.2 Å². The number of piperazine rings is 1. The predicted molar refractivity (Wildman–Crippen MR) is 131 cm³/mol. The van der Waals surface area contributed by atoms with Crippen molar-refractivity contribution in [1.82, 2.24) is 19.1 Å². The molecule has 4 aromatic rings. The maximum Gasteiger partial charge on any atom is 0.277 e. The molecule has 2 aromatic heterocycles. The van der Waals surface area contributed by atoms with Crippen LogP contribution in [-0.4, -0.2) is 58.3 Å². The maximum absolute atomic E-state index is 13.1. The molecule has 1 aliphatic heterocycles. The van der Waals surface area contributed by atoms with Crippen molar-refractivity contribution in [2.45, 2.75) is 13.5 Å². The third-order valence-electron chi connectivity index (χ3n) is 6.31. The van der Waals surface area contributed by atoms with Gasteiger partial charge in [-0.15, -0.1) is 0 Å². The van der Waals surface area contributed by atoms with Crippen LogP contribution in [0.25, 0.3) is 16.8 Å². The first-order chi connectivity index (χ1) is 16.5. The average Bonchev–Trinajstić information content (AvgIpc) is 3.31. The van der Waals surface area contributed by atoms with E-state index in [2.05, 4.69) is 10.00 Å². The number of anilines is 1. The number of aryl methyl sites for hydroxylation is 1. The molecule has 0 spiro atoms. The van der Waals surface area contributed by atoms with Gasteiger partial charge in [-0.05, 0) is 25.1 Å². The molecule has 8 heteroatoms. The summed E-state index contributed by atoms with van der Waals surface area (Å²) in [6.45, 7) is 4.65. The number of hydrogen-bond acceptors (Lipinski definition) is 5. The van der Waals surface area contributed by atoms with Crippen molar-refractivity contribution < 1.29 is 9.53 Å². The van der Waals surface area contributed by atoms with Gasteiger partial charge in [0.25, 0.3) is 5.56 Å². The average molecular weight is 458 g/mol. The van der Waals surface area contributed by atoms with Crippen LogP contribution in [0.15, 0.2) is 71.8 Å². The van der Waals surface area contributed by atoms with E-state index in [9.17, 15) is 9.59 Å². The first-order valence-electron chi connectivity index (χ1n) is 11.3. The van der Waals surface area contributed by atoms with Crippen molar-refractivity contribution >= 4 is 17.1 Å². The van der Waals surface area contributed by atoms with Crippen molar-refractivity contribution in [1.29, 1.82) is 0 Å². The number of hydrogen-bond donors (Lipinski definition) is 0. The van der Waals surface area contributed by atoms with E-state index in [0.717, 1.165) is 28.3 Å². The largest absolute Gasteiger partial charge is 0.495 e. The number of carbonyl (C=O) groups is 1. The highest BCUT2D eigenvalue weighted by Gasteiger charge is 2.23. The molecular weight excluding hydrogens is 430 g/mol. The lowest BCUT2D eigenvalue weighted by Gasteiger charge is -2.36. The topological polar surface area (TPSA) is 72.1 Å². The summed E-state index contributed by atoms with van der Waals surface area (Å²) in [7, 11) is 1.66. The van der Waals surface area contributed by atoms with Gasteiger partial charge in [-0.25, -0.2) is 4.52 Å². The molecule has 0 aliphatic carbocycles. The highest BCUT2D eigenvalue weighted by atomic mass is 16.5. The van der Waals surface area contributed by atoms with E-state index >= 15 is 0 Å². The quantitative estimate of drug-likeness (QED) is 0.461. The van der Waals surface area contributed by atoms with Crippen LogP contribution in [0.5, 0.6) is 5.75 Å². The summed E-state index contributed by atoms with van der Waals surface area (Å²) >= 11 is 0. The van der Waals surface area contributed by atoms with Gasteiger partial charge in [-0.1, -0.05) is 42.0 Å². The molecule has 34 heavy (non-hydrogen) atoms. The fraction of sp³-hybridized carbons (Fsp3) is 0.269. The van der Waals surface area contributed by atoms with Crippen LogP contribution in [0.1, 0.15) is 5.56 Å². The smallest absolute Gasteiger partial charge is 0.277 e. The Hall–Kier alpha value is -4.07. The van der Waals surface area contributed by atoms with Crippen LogP contribution < -0.4 is 15.2 Å². The molecule has 0 N–H and O–H groups in total. The molecule has 0 radical (unpaired) electrons. The third kappa shape index (κ3) is 4.14. The molecule has 0 bridgehead atoms. The molecule has 1 aliphatic rings. The second-order valence-corrected chi connectivity index (χ2v) is 8.50. The number of para-hydroxylation sites is 2. The van der Waals surface area contributed by atoms with Crippen molar-refractivity contribution in [3.05, 3.63) is 82.9 Å². The van der Waals surface area contributed by atoms with Gasteiger partial charge in [-0.3, -0.25) is 9.59 Å². The van der Waals surface area contributed by atoms with Crippen LogP contribution in [0.2, 0.25) is 0 Å². The summed E-state index contributed by atoms with van der Waals surface area (Å²) in [5.74, 6) is 0.761. The number of fused-ring (bicyclic) bond motifs is 1. The zero-order valence-corrected chi connectivity index (χ0v) is 19.3. The van der Waals surface area contributed by atoms with Crippen LogP contribution in [0.4, 0.5) is 5.69 Å². The normalized spacial score (nSPS) is 13.9. The van der Waals surface area contributed by atoms with E-state index in [0.29, 0.717) is 31.7 Å². The molecular formula is C26H27N5O3. The SMILES string of the molecule is COc1ccccc1N1CCN(C(=O)Cn2ccn3nc(-c4ccc(C)cc4)cc3c2=O)CC1. The molecule has 0 unspecified atom stereocenters. The first kappa shape index (κ1) is 21.8. The molecule has 2 aromatic carbocycles. The van der Waals surface area contributed by atoms with E-state index in [1.807, 2.05) is 60.4 Å². The number of nitrogens with zero attached hydrogens (tertiary/aromatic N) is 5. The summed E-state index contributed by atoms with van der Waals surface area (Å²) in [6.07, 6.45) is 3.35. The lowest BCUT2D eigenvalue weighted by atomic mass is 10.1. The number of ether oxygens (including phenoxy) is 1. The van der Waals surface area contributed by atoms with Crippen LogP contribution >= 0.6 is 0 Å². The zero-order valence-electron chi connectivity index (χ0n) is 19.3. The number of aromatic nitrogens is 3. The molecule has 1 amide bonds. The van der Waals surface area contributed by atoms with Crippen molar-refractivity contribution in [2.24, 2.45) is 0 Å². The molecule has 8 nitrogen and oxygen atoms in total. The minimum Gasteiger partial charge on any atom is -0.495 e. The van der Waals surface area contributed by atoms with Crippen molar-refractivity contribution in [3.63, 3.8) is 0 Å². The van der Waals surface area contributed by atoms with E-state index in [1.165, 1.54) is 4.57 Å². The first-order valence-corrected chi connectivity index (χ1v) is 11.3. The van der Waals surface area contributed by atoms with Crippen LogP contribution in [0, 0.1) is 6.92 Å². The Morgan fingerprint density at radius 2 is 1.74 bits per heavy atom. The van der Waals surface area contributed by atoms with Gasteiger partial charge < -0.3 is 19.1 Å². The van der Waals surface area contributed by atoms with Crippen LogP contribution in [-0.2, 0) is 11.3 Å². The summed E-state index contributed by atoms with van der Waals surface area (Å²) in [5.41, 5.74) is 4.10. The Morgan fingerprint density at radius 3 is 2.47 bits per heavy atom. The van der Waals surface area contributed by atoms with Gasteiger partial charge in [0.1, 0.15) is 17.8 Å². The Bertz CT molecular complexity index is 1380. The third-order valence-corrected chi connectivity index (χ3v) is 6.31. The highest BCUT2D eigenvalue weighted by Crippen LogP contribution is 2.28. The number of amides is 1. The number of benzene rings is 2. The molecule has 1 saturated heterocycles. The zero-order chi connectivity index (χ0) is 23.7. The van der Waals surface area contributed by atoms with E-state index < -0.39 is 0 Å². The van der Waals surface area contributed by atoms with E-state index in [4.69, 9.17) is 4.74 Å². The Kier molecular flexibility index (Phi) is 5.79.